The van der Waals surface area contributed by atoms with Gasteiger partial charge in [0.05, 0.1) is 11.9 Å². The largest absolute Gasteiger partial charge is 0.327 e. The first-order valence-corrected chi connectivity index (χ1v) is 7.83. The fourth-order valence-corrected chi connectivity index (χ4v) is 3.12. The summed E-state index contributed by atoms with van der Waals surface area (Å²) in [6.45, 7) is 5.40. The van der Waals surface area contributed by atoms with Crippen LogP contribution < -0.4 is 5.73 Å². The van der Waals surface area contributed by atoms with Gasteiger partial charge < -0.3 is 5.73 Å². The fourth-order valence-electron chi connectivity index (χ4n) is 3.12. The summed E-state index contributed by atoms with van der Waals surface area (Å²) in [4.78, 5) is 2.50. The Balaban J connectivity index is 1.65. The van der Waals surface area contributed by atoms with Crippen molar-refractivity contribution >= 4 is 0 Å². The zero-order valence-electron chi connectivity index (χ0n) is 12.7. The van der Waals surface area contributed by atoms with Gasteiger partial charge in [0, 0.05) is 30.9 Å². The quantitative estimate of drug-likeness (QED) is 0.938. The van der Waals surface area contributed by atoms with Crippen molar-refractivity contribution in [3.8, 4) is 5.69 Å². The van der Waals surface area contributed by atoms with Crippen molar-refractivity contribution < 1.29 is 0 Å². The number of nitrogens with zero attached hydrogens (tertiary/aromatic N) is 3. The summed E-state index contributed by atoms with van der Waals surface area (Å²) in [5, 5.41) is 4.47. The van der Waals surface area contributed by atoms with E-state index >= 15 is 0 Å². The fraction of sp³-hybridized carbons (Fsp3) is 0.471. The zero-order chi connectivity index (χ0) is 14.7. The third kappa shape index (κ3) is 3.34. The normalized spacial score (nSPS) is 23.3. The molecule has 2 heterocycles. The molecule has 0 bridgehead atoms. The molecule has 4 nitrogen and oxygen atoms in total. The van der Waals surface area contributed by atoms with Crippen LogP contribution in [0.25, 0.3) is 5.69 Å². The van der Waals surface area contributed by atoms with Gasteiger partial charge in [-0.3, -0.25) is 4.90 Å². The van der Waals surface area contributed by atoms with Crippen LogP contribution in [0.2, 0.25) is 0 Å². The second kappa shape index (κ2) is 6.41. The zero-order valence-corrected chi connectivity index (χ0v) is 12.7. The van der Waals surface area contributed by atoms with Crippen LogP contribution in [0.15, 0.2) is 42.7 Å². The molecule has 0 radical (unpaired) electrons. The number of aromatic nitrogens is 2. The van der Waals surface area contributed by atoms with Crippen molar-refractivity contribution in [2.75, 3.05) is 13.1 Å². The van der Waals surface area contributed by atoms with Crippen LogP contribution in [0.5, 0.6) is 0 Å². The van der Waals surface area contributed by atoms with E-state index in [2.05, 4.69) is 35.3 Å². The summed E-state index contributed by atoms with van der Waals surface area (Å²) in [7, 11) is 0. The van der Waals surface area contributed by atoms with Gasteiger partial charge in [-0.2, -0.15) is 5.10 Å². The number of para-hydroxylation sites is 1. The van der Waals surface area contributed by atoms with Gasteiger partial charge in [-0.25, -0.2) is 4.68 Å². The Kier molecular flexibility index (Phi) is 4.36. The topological polar surface area (TPSA) is 47.1 Å². The SMILES string of the molecule is CCC1CN(Cc2cnn(-c3ccccc3)c2)CCC1N. The third-order valence-corrected chi connectivity index (χ3v) is 4.46. The van der Waals surface area contributed by atoms with Crippen LogP contribution in [-0.4, -0.2) is 33.8 Å². The van der Waals surface area contributed by atoms with E-state index in [1.165, 1.54) is 12.0 Å². The van der Waals surface area contributed by atoms with Gasteiger partial charge in [-0.15, -0.1) is 0 Å². The smallest absolute Gasteiger partial charge is 0.0645 e. The van der Waals surface area contributed by atoms with E-state index in [0.717, 1.165) is 31.7 Å². The Morgan fingerprint density at radius 2 is 2.10 bits per heavy atom. The third-order valence-electron chi connectivity index (χ3n) is 4.46. The maximum atomic E-state index is 6.18. The molecule has 2 atom stereocenters. The Bertz CT molecular complexity index is 563. The van der Waals surface area contributed by atoms with Gasteiger partial charge in [-0.05, 0) is 31.0 Å². The number of hydrogen-bond acceptors (Lipinski definition) is 3. The molecule has 112 valence electrons. The molecule has 2 aromatic rings. The van der Waals surface area contributed by atoms with Crippen molar-refractivity contribution in [2.45, 2.75) is 32.4 Å². The van der Waals surface area contributed by atoms with Gasteiger partial charge in [0.2, 0.25) is 0 Å². The molecule has 1 saturated heterocycles. The first-order valence-electron chi connectivity index (χ1n) is 7.83. The second-order valence-corrected chi connectivity index (χ2v) is 5.98. The first-order chi connectivity index (χ1) is 10.3. The van der Waals surface area contributed by atoms with Crippen molar-refractivity contribution in [3.63, 3.8) is 0 Å². The van der Waals surface area contributed by atoms with E-state index in [1.807, 2.05) is 29.1 Å². The van der Waals surface area contributed by atoms with Crippen molar-refractivity contribution in [1.82, 2.24) is 14.7 Å². The van der Waals surface area contributed by atoms with Crippen molar-refractivity contribution in [1.29, 1.82) is 0 Å². The van der Waals surface area contributed by atoms with E-state index in [4.69, 9.17) is 5.73 Å². The average molecular weight is 284 g/mol. The lowest BCUT2D eigenvalue weighted by Gasteiger charge is -2.36. The molecule has 4 heteroatoms. The van der Waals surface area contributed by atoms with Gasteiger partial charge in [0.15, 0.2) is 0 Å². The van der Waals surface area contributed by atoms with Gasteiger partial charge >= 0.3 is 0 Å². The number of likely N-dealkylation sites (tertiary alicyclic amines) is 1. The highest BCUT2D eigenvalue weighted by Crippen LogP contribution is 2.20. The molecular formula is C17H24N4. The molecule has 1 aliphatic heterocycles. The lowest BCUT2D eigenvalue weighted by Crippen LogP contribution is -2.46. The molecule has 2 N–H and O–H groups in total. The lowest BCUT2D eigenvalue weighted by molar-refractivity contribution is 0.145. The van der Waals surface area contributed by atoms with Gasteiger partial charge in [0.1, 0.15) is 0 Å². The Morgan fingerprint density at radius 3 is 2.86 bits per heavy atom. The summed E-state index contributed by atoms with van der Waals surface area (Å²) in [6.07, 6.45) is 6.37. The number of rotatable bonds is 4. The highest BCUT2D eigenvalue weighted by atomic mass is 15.3. The summed E-state index contributed by atoms with van der Waals surface area (Å²) in [6, 6.07) is 10.6. The molecule has 0 aliphatic carbocycles. The molecule has 1 fully saturated rings. The summed E-state index contributed by atoms with van der Waals surface area (Å²) < 4.78 is 1.95. The monoisotopic (exact) mass is 284 g/mol. The second-order valence-electron chi connectivity index (χ2n) is 5.98. The Hall–Kier alpha value is -1.65. The standard InChI is InChI=1S/C17H24N4/c1-2-15-13-20(9-8-17(15)18)11-14-10-19-21(12-14)16-6-4-3-5-7-16/h3-7,10,12,15,17H,2,8-9,11,13,18H2,1H3. The average Bonchev–Trinajstić information content (AvgIpc) is 2.98. The molecule has 1 aromatic heterocycles. The van der Waals surface area contributed by atoms with E-state index in [9.17, 15) is 0 Å². The maximum Gasteiger partial charge on any atom is 0.0645 e. The Labute approximate surface area is 126 Å². The molecule has 2 unspecified atom stereocenters. The number of nitrogens with two attached hydrogens (primary N) is 1. The van der Waals surface area contributed by atoms with Crippen molar-refractivity contribution in [3.05, 3.63) is 48.3 Å². The van der Waals surface area contributed by atoms with Crippen LogP contribution in [-0.2, 0) is 6.54 Å². The summed E-state index contributed by atoms with van der Waals surface area (Å²) in [5.41, 5.74) is 8.56. The van der Waals surface area contributed by atoms with Crippen LogP contribution in [0, 0.1) is 5.92 Å². The predicted molar refractivity (Wildman–Crippen MR) is 85.2 cm³/mol. The minimum Gasteiger partial charge on any atom is -0.327 e. The van der Waals surface area contributed by atoms with Crippen LogP contribution in [0.4, 0.5) is 0 Å². The van der Waals surface area contributed by atoms with E-state index < -0.39 is 0 Å². The molecular weight excluding hydrogens is 260 g/mol. The first kappa shape index (κ1) is 14.3. The minimum absolute atomic E-state index is 0.373. The highest BCUT2D eigenvalue weighted by Gasteiger charge is 2.25. The summed E-state index contributed by atoms with van der Waals surface area (Å²) >= 11 is 0. The number of benzene rings is 1. The van der Waals surface area contributed by atoms with E-state index in [1.54, 1.807) is 0 Å². The molecule has 1 aliphatic rings. The highest BCUT2D eigenvalue weighted by molar-refractivity contribution is 5.30. The predicted octanol–water partition coefficient (Wildman–Crippen LogP) is 2.43. The Morgan fingerprint density at radius 1 is 1.29 bits per heavy atom. The molecule has 0 saturated carbocycles. The van der Waals surface area contributed by atoms with Gasteiger partial charge in [-0.1, -0.05) is 31.5 Å². The molecule has 0 amide bonds. The lowest BCUT2D eigenvalue weighted by atomic mass is 9.90. The van der Waals surface area contributed by atoms with E-state index in [0.29, 0.717) is 12.0 Å². The molecule has 1 aromatic carbocycles. The molecule has 0 spiro atoms. The minimum atomic E-state index is 0.373. The molecule has 21 heavy (non-hydrogen) atoms. The van der Waals surface area contributed by atoms with Crippen LogP contribution in [0.3, 0.4) is 0 Å². The van der Waals surface area contributed by atoms with Crippen LogP contribution in [0.1, 0.15) is 25.3 Å². The van der Waals surface area contributed by atoms with E-state index in [-0.39, 0.29) is 0 Å². The summed E-state index contributed by atoms with van der Waals surface area (Å²) in [5.74, 6) is 0.628. The number of piperidine rings is 1. The maximum absolute atomic E-state index is 6.18. The van der Waals surface area contributed by atoms with Crippen LogP contribution >= 0.6 is 0 Å². The number of hydrogen-bond donors (Lipinski definition) is 1. The molecule has 3 rings (SSSR count). The van der Waals surface area contributed by atoms with Gasteiger partial charge in [0.25, 0.3) is 0 Å². The van der Waals surface area contributed by atoms with Crippen molar-refractivity contribution in [2.24, 2.45) is 11.7 Å².